The molecule has 1 saturated carbocycles. The molecule has 0 unspecified atom stereocenters. The third-order valence-electron chi connectivity index (χ3n) is 5.74. The fourth-order valence-electron chi connectivity index (χ4n) is 4.35. The van der Waals surface area contributed by atoms with Crippen molar-refractivity contribution < 1.29 is 4.79 Å². The van der Waals surface area contributed by atoms with Crippen LogP contribution in [0.25, 0.3) is 0 Å². The van der Waals surface area contributed by atoms with Crippen LogP contribution >= 0.6 is 0 Å². The number of aliphatic imine (C=N–C) groups is 1. The minimum absolute atomic E-state index is 0.0373. The number of pyridine rings is 1. The number of rotatable bonds is 1. The molecule has 1 spiro atoms. The smallest absolute Gasteiger partial charge is 0.240 e. The molecule has 5 rings (SSSR count). The van der Waals surface area contributed by atoms with E-state index in [9.17, 15) is 4.79 Å². The number of aromatic nitrogens is 1. The lowest BCUT2D eigenvalue weighted by atomic mass is 9.70. The summed E-state index contributed by atoms with van der Waals surface area (Å²) in [4.78, 5) is 22.0. The van der Waals surface area contributed by atoms with Gasteiger partial charge < -0.3 is 5.32 Å². The molecule has 0 radical (unpaired) electrons. The van der Waals surface area contributed by atoms with E-state index in [4.69, 9.17) is 0 Å². The highest BCUT2D eigenvalue weighted by Gasteiger charge is 2.51. The summed E-state index contributed by atoms with van der Waals surface area (Å²) in [6, 6.07) is 10.6. The highest BCUT2D eigenvalue weighted by molar-refractivity contribution is 6.17. The van der Waals surface area contributed by atoms with E-state index in [-0.39, 0.29) is 5.91 Å². The molecule has 1 aromatic carbocycles. The van der Waals surface area contributed by atoms with Gasteiger partial charge in [0.25, 0.3) is 0 Å². The van der Waals surface area contributed by atoms with E-state index in [1.165, 1.54) is 18.4 Å². The molecule has 1 aromatic heterocycles. The zero-order valence-electron chi connectivity index (χ0n) is 13.7. The quantitative estimate of drug-likeness (QED) is 0.879. The first-order chi connectivity index (χ1) is 11.7. The molecular weight excluding hydrogens is 298 g/mol. The van der Waals surface area contributed by atoms with Crippen molar-refractivity contribution >= 4 is 11.7 Å². The molecule has 2 aliphatic carbocycles. The molecule has 4 heteroatoms. The number of amidine groups is 1. The van der Waals surface area contributed by atoms with E-state index >= 15 is 0 Å². The average Bonchev–Trinajstić information content (AvgIpc) is 3.40. The Bertz CT molecular complexity index is 898. The molecule has 2 aromatic rings. The van der Waals surface area contributed by atoms with Gasteiger partial charge in [0.1, 0.15) is 11.3 Å². The first-order valence-electron chi connectivity index (χ1n) is 8.61. The summed E-state index contributed by atoms with van der Waals surface area (Å²) >= 11 is 0. The Labute approximate surface area is 141 Å². The van der Waals surface area contributed by atoms with Crippen LogP contribution < -0.4 is 5.32 Å². The number of carbonyl (C=O) groups is 1. The third-order valence-corrected chi connectivity index (χ3v) is 5.74. The number of aryl methyl sites for hydroxylation is 1. The van der Waals surface area contributed by atoms with Crippen LogP contribution in [0.3, 0.4) is 0 Å². The van der Waals surface area contributed by atoms with Gasteiger partial charge in [0, 0.05) is 24.5 Å². The maximum absolute atomic E-state index is 13.2. The Kier molecular flexibility index (Phi) is 2.76. The number of hydrogen-bond donors (Lipinski definition) is 1. The maximum atomic E-state index is 13.2. The lowest BCUT2D eigenvalue weighted by molar-refractivity contribution is -0.124. The number of nitrogens with one attached hydrogen (secondary N) is 1. The second kappa shape index (κ2) is 4.76. The number of hydrogen-bond acceptors (Lipinski definition) is 3. The molecule has 1 amide bonds. The van der Waals surface area contributed by atoms with E-state index in [0.29, 0.717) is 11.8 Å². The molecular formula is C20H19N3O. The summed E-state index contributed by atoms with van der Waals surface area (Å²) in [6.45, 7) is 0. The molecule has 1 atom stereocenters. The fourth-order valence-corrected chi connectivity index (χ4v) is 4.35. The summed E-state index contributed by atoms with van der Waals surface area (Å²) in [5, 5.41) is 3.04. The number of carbonyl (C=O) groups excluding carboxylic acids is 1. The molecule has 24 heavy (non-hydrogen) atoms. The Morgan fingerprint density at radius 1 is 1.25 bits per heavy atom. The highest BCUT2D eigenvalue weighted by Crippen LogP contribution is 2.49. The Morgan fingerprint density at radius 2 is 2.12 bits per heavy atom. The number of benzene rings is 1. The summed E-state index contributed by atoms with van der Waals surface area (Å²) in [6.07, 6.45) is 5.95. The standard InChI is InChI=1S/C20H19N3O/c1-21-18-14-7-6-13(12-4-5-12)11-16(14)20(19(24)23-18)9-8-17-15(20)3-2-10-22-17/h2-3,6-7,10-12H,4-5,8-9H2,1H3,(H,21,23,24)/t20-/m0/s1. The van der Waals surface area contributed by atoms with Crippen LogP contribution in [0.4, 0.5) is 0 Å². The van der Waals surface area contributed by atoms with Crippen LogP contribution in [0, 0.1) is 0 Å². The van der Waals surface area contributed by atoms with Crippen molar-refractivity contribution in [1.29, 1.82) is 0 Å². The van der Waals surface area contributed by atoms with Gasteiger partial charge >= 0.3 is 0 Å². The third kappa shape index (κ3) is 1.71. The van der Waals surface area contributed by atoms with Crippen molar-refractivity contribution in [2.45, 2.75) is 37.0 Å². The van der Waals surface area contributed by atoms with Crippen LogP contribution in [0.15, 0.2) is 41.5 Å². The van der Waals surface area contributed by atoms with E-state index in [2.05, 4.69) is 39.6 Å². The highest BCUT2D eigenvalue weighted by atomic mass is 16.2. The zero-order chi connectivity index (χ0) is 16.3. The van der Waals surface area contributed by atoms with Crippen LogP contribution in [-0.2, 0) is 16.6 Å². The molecule has 4 nitrogen and oxygen atoms in total. The normalized spacial score (nSPS) is 26.4. The first kappa shape index (κ1) is 13.9. The average molecular weight is 317 g/mol. The van der Waals surface area contributed by atoms with E-state index < -0.39 is 5.41 Å². The van der Waals surface area contributed by atoms with Crippen LogP contribution in [0.2, 0.25) is 0 Å². The number of amides is 1. The lowest BCUT2D eigenvalue weighted by Gasteiger charge is -2.36. The molecule has 1 aliphatic heterocycles. The Morgan fingerprint density at radius 3 is 2.92 bits per heavy atom. The van der Waals surface area contributed by atoms with E-state index in [0.717, 1.165) is 35.2 Å². The van der Waals surface area contributed by atoms with Gasteiger partial charge in [-0.2, -0.15) is 0 Å². The van der Waals surface area contributed by atoms with Crippen molar-refractivity contribution in [3.63, 3.8) is 0 Å². The van der Waals surface area contributed by atoms with Crippen LogP contribution in [0.1, 0.15) is 53.1 Å². The van der Waals surface area contributed by atoms with Gasteiger partial charge in [-0.15, -0.1) is 0 Å². The zero-order valence-corrected chi connectivity index (χ0v) is 13.7. The fraction of sp³-hybridized carbons (Fsp3) is 0.350. The van der Waals surface area contributed by atoms with Gasteiger partial charge in [-0.05, 0) is 54.4 Å². The van der Waals surface area contributed by atoms with Gasteiger partial charge in [0.15, 0.2) is 0 Å². The largest absolute Gasteiger partial charge is 0.309 e. The van der Waals surface area contributed by atoms with Crippen LogP contribution in [-0.4, -0.2) is 23.8 Å². The Balaban J connectivity index is 1.80. The van der Waals surface area contributed by atoms with Crippen molar-refractivity contribution in [3.05, 3.63) is 64.5 Å². The summed E-state index contributed by atoms with van der Waals surface area (Å²) in [5.74, 6) is 1.38. The number of nitrogens with zero attached hydrogens (tertiary/aromatic N) is 2. The molecule has 1 N–H and O–H groups in total. The van der Waals surface area contributed by atoms with Crippen molar-refractivity contribution in [2.24, 2.45) is 4.99 Å². The molecule has 1 fully saturated rings. The first-order valence-corrected chi connectivity index (χ1v) is 8.61. The summed E-state index contributed by atoms with van der Waals surface area (Å²) in [5.41, 5.74) is 5.02. The monoisotopic (exact) mass is 317 g/mol. The van der Waals surface area contributed by atoms with E-state index in [1.807, 2.05) is 12.3 Å². The molecule has 2 heterocycles. The van der Waals surface area contributed by atoms with E-state index in [1.54, 1.807) is 7.05 Å². The van der Waals surface area contributed by atoms with Gasteiger partial charge in [0.05, 0.1) is 0 Å². The summed E-state index contributed by atoms with van der Waals surface area (Å²) in [7, 11) is 1.73. The van der Waals surface area contributed by atoms with Crippen molar-refractivity contribution in [3.8, 4) is 0 Å². The molecule has 120 valence electrons. The molecule has 0 bridgehead atoms. The van der Waals surface area contributed by atoms with Gasteiger partial charge in [-0.25, -0.2) is 0 Å². The van der Waals surface area contributed by atoms with Crippen molar-refractivity contribution in [1.82, 2.24) is 10.3 Å². The van der Waals surface area contributed by atoms with Gasteiger partial charge in [-0.1, -0.05) is 24.3 Å². The van der Waals surface area contributed by atoms with Crippen LogP contribution in [0.5, 0.6) is 0 Å². The second-order valence-corrected chi connectivity index (χ2v) is 7.01. The minimum atomic E-state index is -0.613. The maximum Gasteiger partial charge on any atom is 0.240 e. The summed E-state index contributed by atoms with van der Waals surface area (Å²) < 4.78 is 0. The number of fused-ring (bicyclic) bond motifs is 4. The van der Waals surface area contributed by atoms with Gasteiger partial charge in [-0.3, -0.25) is 14.8 Å². The topological polar surface area (TPSA) is 54.4 Å². The predicted molar refractivity (Wildman–Crippen MR) is 92.4 cm³/mol. The molecule has 0 saturated heterocycles. The second-order valence-electron chi connectivity index (χ2n) is 7.01. The SMILES string of the molecule is CN=C1NC(=O)[C@]2(CCc3ncccc32)c2cc(C3CC3)ccc21. The Hall–Kier alpha value is -2.49. The van der Waals surface area contributed by atoms with Gasteiger partial charge in [0.2, 0.25) is 5.91 Å². The van der Waals surface area contributed by atoms with Crippen molar-refractivity contribution in [2.75, 3.05) is 7.05 Å². The predicted octanol–water partition coefficient (Wildman–Crippen LogP) is 2.70. The minimum Gasteiger partial charge on any atom is -0.309 e. The molecule has 3 aliphatic rings. The lowest BCUT2D eigenvalue weighted by Crippen LogP contribution is -2.52.